The van der Waals surface area contributed by atoms with Crippen LogP contribution in [0.25, 0.3) is 0 Å². The fraction of sp³-hybridized carbons (Fsp3) is 0.909. The maximum Gasteiger partial charge on any atom is 0.236 e. The number of amides is 1. The summed E-state index contributed by atoms with van der Waals surface area (Å²) in [5, 5.41) is 0. The molecule has 0 aromatic heterocycles. The molecule has 5 heteroatoms. The normalized spacial score (nSPS) is 10.8. The van der Waals surface area contributed by atoms with Crippen molar-refractivity contribution in [1.29, 1.82) is 0 Å². The van der Waals surface area contributed by atoms with E-state index >= 15 is 0 Å². The molecule has 0 bridgehead atoms. The third kappa shape index (κ3) is 6.05. The largest absolute Gasteiger partial charge is 0.383 e. The molecule has 0 aliphatic carbocycles. The standard InChI is InChI=1S/C11H25N3O2/c1-4-13(5-2)6-7-14(8-9-16-3)11(15)10-12/h4-10,12H2,1-3H3. The number of ether oxygens (including phenoxy) is 1. The molecular weight excluding hydrogens is 206 g/mol. The molecular formula is C11H25N3O2. The monoisotopic (exact) mass is 231 g/mol. The Balaban J connectivity index is 4.04. The number of hydrogen-bond donors (Lipinski definition) is 1. The van der Waals surface area contributed by atoms with Gasteiger partial charge in [-0.2, -0.15) is 0 Å². The summed E-state index contributed by atoms with van der Waals surface area (Å²) >= 11 is 0. The van der Waals surface area contributed by atoms with Gasteiger partial charge < -0.3 is 20.3 Å². The Kier molecular flexibility index (Phi) is 9.18. The van der Waals surface area contributed by atoms with E-state index in [1.54, 1.807) is 12.0 Å². The van der Waals surface area contributed by atoms with Gasteiger partial charge in [-0.05, 0) is 13.1 Å². The van der Waals surface area contributed by atoms with Crippen molar-refractivity contribution in [2.75, 3.05) is 53.0 Å². The number of nitrogens with two attached hydrogens (primary N) is 1. The van der Waals surface area contributed by atoms with Gasteiger partial charge in [-0.15, -0.1) is 0 Å². The molecule has 0 spiro atoms. The Morgan fingerprint density at radius 2 is 1.81 bits per heavy atom. The Hall–Kier alpha value is -0.650. The summed E-state index contributed by atoms with van der Waals surface area (Å²) in [5.41, 5.74) is 5.37. The highest BCUT2D eigenvalue weighted by Gasteiger charge is 2.12. The summed E-state index contributed by atoms with van der Waals surface area (Å²) in [5.74, 6) is -0.00999. The summed E-state index contributed by atoms with van der Waals surface area (Å²) in [6, 6.07) is 0. The van der Waals surface area contributed by atoms with Crippen LogP contribution < -0.4 is 5.73 Å². The Morgan fingerprint density at radius 3 is 2.25 bits per heavy atom. The lowest BCUT2D eigenvalue weighted by Crippen LogP contribution is -2.43. The van der Waals surface area contributed by atoms with Crippen LogP contribution >= 0.6 is 0 Å². The predicted octanol–water partition coefficient (Wildman–Crippen LogP) is -0.238. The minimum Gasteiger partial charge on any atom is -0.383 e. The average Bonchev–Trinajstić information content (AvgIpc) is 2.33. The molecule has 0 aromatic carbocycles. The van der Waals surface area contributed by atoms with Gasteiger partial charge in [-0.25, -0.2) is 0 Å². The van der Waals surface area contributed by atoms with Gasteiger partial charge >= 0.3 is 0 Å². The zero-order valence-electron chi connectivity index (χ0n) is 10.7. The number of rotatable bonds is 9. The number of nitrogens with zero attached hydrogens (tertiary/aromatic N) is 2. The molecule has 5 nitrogen and oxygen atoms in total. The van der Waals surface area contributed by atoms with E-state index in [0.717, 1.165) is 26.2 Å². The van der Waals surface area contributed by atoms with Crippen molar-refractivity contribution in [2.45, 2.75) is 13.8 Å². The second kappa shape index (κ2) is 9.57. The lowest BCUT2D eigenvalue weighted by molar-refractivity contribution is -0.130. The van der Waals surface area contributed by atoms with E-state index in [1.807, 2.05) is 0 Å². The first-order chi connectivity index (χ1) is 7.69. The van der Waals surface area contributed by atoms with Crippen LogP contribution in [0.4, 0.5) is 0 Å². The van der Waals surface area contributed by atoms with Crippen LogP contribution in [-0.4, -0.2) is 68.7 Å². The number of hydrogen-bond acceptors (Lipinski definition) is 4. The van der Waals surface area contributed by atoms with Gasteiger partial charge in [0.2, 0.25) is 5.91 Å². The quantitative estimate of drug-likeness (QED) is 0.595. The third-order valence-corrected chi connectivity index (χ3v) is 2.67. The SMILES string of the molecule is CCN(CC)CCN(CCOC)C(=O)CN. The highest BCUT2D eigenvalue weighted by molar-refractivity contribution is 5.78. The molecule has 0 heterocycles. The first kappa shape index (κ1) is 15.3. The van der Waals surface area contributed by atoms with Crippen LogP contribution in [0.2, 0.25) is 0 Å². The molecule has 0 aliphatic heterocycles. The van der Waals surface area contributed by atoms with Crippen LogP contribution in [0.5, 0.6) is 0 Å². The first-order valence-electron chi connectivity index (χ1n) is 5.88. The Labute approximate surface area is 98.5 Å². The van der Waals surface area contributed by atoms with Gasteiger partial charge in [-0.1, -0.05) is 13.8 Å². The molecule has 0 fully saturated rings. The molecule has 0 saturated carbocycles. The van der Waals surface area contributed by atoms with Crippen molar-refractivity contribution >= 4 is 5.91 Å². The Bertz CT molecular complexity index is 184. The summed E-state index contributed by atoms with van der Waals surface area (Å²) in [4.78, 5) is 15.6. The van der Waals surface area contributed by atoms with Gasteiger partial charge in [0.1, 0.15) is 0 Å². The van der Waals surface area contributed by atoms with E-state index in [1.165, 1.54) is 0 Å². The van der Waals surface area contributed by atoms with Crippen molar-refractivity contribution < 1.29 is 9.53 Å². The molecule has 2 N–H and O–H groups in total. The molecule has 0 unspecified atom stereocenters. The maximum atomic E-state index is 11.5. The van der Waals surface area contributed by atoms with Gasteiger partial charge in [0.15, 0.2) is 0 Å². The fourth-order valence-electron chi connectivity index (χ4n) is 1.49. The van der Waals surface area contributed by atoms with Gasteiger partial charge in [0.05, 0.1) is 13.2 Å². The topological polar surface area (TPSA) is 58.8 Å². The molecule has 96 valence electrons. The van der Waals surface area contributed by atoms with Gasteiger partial charge in [0.25, 0.3) is 0 Å². The van der Waals surface area contributed by atoms with Crippen LogP contribution in [0.3, 0.4) is 0 Å². The van der Waals surface area contributed by atoms with Crippen LogP contribution in [0.1, 0.15) is 13.8 Å². The van der Waals surface area contributed by atoms with E-state index in [2.05, 4.69) is 18.7 Å². The molecule has 0 saturated heterocycles. The van der Waals surface area contributed by atoms with Crippen LogP contribution in [0, 0.1) is 0 Å². The number of methoxy groups -OCH3 is 1. The number of carbonyl (C=O) groups is 1. The molecule has 0 radical (unpaired) electrons. The van der Waals surface area contributed by atoms with Gasteiger partial charge in [0, 0.05) is 26.7 Å². The number of likely N-dealkylation sites (N-methyl/N-ethyl adjacent to an activating group) is 1. The number of carbonyl (C=O) groups excluding carboxylic acids is 1. The summed E-state index contributed by atoms with van der Waals surface area (Å²) in [7, 11) is 1.63. The smallest absolute Gasteiger partial charge is 0.236 e. The lowest BCUT2D eigenvalue weighted by atomic mass is 10.4. The average molecular weight is 231 g/mol. The van der Waals surface area contributed by atoms with Crippen molar-refractivity contribution in [1.82, 2.24) is 9.80 Å². The van der Waals surface area contributed by atoms with E-state index < -0.39 is 0 Å². The minimum absolute atomic E-state index is 0.00999. The van der Waals surface area contributed by atoms with E-state index in [9.17, 15) is 4.79 Å². The maximum absolute atomic E-state index is 11.5. The van der Waals surface area contributed by atoms with Crippen molar-refractivity contribution in [2.24, 2.45) is 5.73 Å². The molecule has 0 aromatic rings. The van der Waals surface area contributed by atoms with E-state index in [4.69, 9.17) is 10.5 Å². The second-order valence-electron chi connectivity index (χ2n) is 3.60. The van der Waals surface area contributed by atoms with Crippen LogP contribution in [-0.2, 0) is 9.53 Å². The predicted molar refractivity (Wildman–Crippen MR) is 65.3 cm³/mol. The zero-order valence-corrected chi connectivity index (χ0v) is 10.7. The third-order valence-electron chi connectivity index (χ3n) is 2.67. The molecule has 0 atom stereocenters. The van der Waals surface area contributed by atoms with Crippen molar-refractivity contribution in [3.8, 4) is 0 Å². The summed E-state index contributed by atoms with van der Waals surface area (Å²) in [6.45, 7) is 9.11. The highest BCUT2D eigenvalue weighted by atomic mass is 16.5. The highest BCUT2D eigenvalue weighted by Crippen LogP contribution is 1.93. The van der Waals surface area contributed by atoms with Gasteiger partial charge in [-0.3, -0.25) is 4.79 Å². The first-order valence-corrected chi connectivity index (χ1v) is 5.88. The van der Waals surface area contributed by atoms with Crippen molar-refractivity contribution in [3.05, 3.63) is 0 Å². The summed E-state index contributed by atoms with van der Waals surface area (Å²) in [6.07, 6.45) is 0. The molecule has 0 aliphatic rings. The lowest BCUT2D eigenvalue weighted by Gasteiger charge is -2.25. The zero-order chi connectivity index (χ0) is 12.4. The van der Waals surface area contributed by atoms with Crippen LogP contribution in [0.15, 0.2) is 0 Å². The molecule has 1 amide bonds. The van der Waals surface area contributed by atoms with E-state index in [0.29, 0.717) is 13.2 Å². The van der Waals surface area contributed by atoms with Crippen molar-refractivity contribution in [3.63, 3.8) is 0 Å². The minimum atomic E-state index is -0.00999. The summed E-state index contributed by atoms with van der Waals surface area (Å²) < 4.78 is 4.98. The molecule has 16 heavy (non-hydrogen) atoms. The second-order valence-corrected chi connectivity index (χ2v) is 3.60. The fourth-order valence-corrected chi connectivity index (χ4v) is 1.49. The Morgan fingerprint density at radius 1 is 1.19 bits per heavy atom. The van der Waals surface area contributed by atoms with E-state index in [-0.39, 0.29) is 12.5 Å². The molecule has 0 rings (SSSR count).